The van der Waals surface area contributed by atoms with E-state index in [0.717, 1.165) is 59.5 Å². The summed E-state index contributed by atoms with van der Waals surface area (Å²) in [5.41, 5.74) is 0.187. The molecule has 0 aliphatic carbocycles. The molecule has 0 aromatic heterocycles. The fraction of sp³-hybridized carbons (Fsp3) is 0.417. The van der Waals surface area contributed by atoms with E-state index in [0.29, 0.717) is 13.2 Å². The summed E-state index contributed by atoms with van der Waals surface area (Å²) in [6.07, 6.45) is 0. The molecule has 0 spiro atoms. The first kappa shape index (κ1) is 17.8. The molecule has 146 valence electrons. The Morgan fingerprint density at radius 3 is 1.21 bits per heavy atom. The van der Waals surface area contributed by atoms with Gasteiger partial charge in [-0.15, -0.1) is 0 Å². The first-order valence-corrected chi connectivity index (χ1v) is 9.92. The van der Waals surface area contributed by atoms with Crippen molar-refractivity contribution in [3.63, 3.8) is 0 Å². The van der Waals surface area contributed by atoms with Gasteiger partial charge in [-0.2, -0.15) is 0 Å². The Labute approximate surface area is 165 Å². The van der Waals surface area contributed by atoms with Gasteiger partial charge in [-0.1, -0.05) is 62.4 Å². The van der Waals surface area contributed by atoms with Gasteiger partial charge in [0.25, 0.3) is 0 Å². The zero-order chi connectivity index (χ0) is 19.2. The van der Waals surface area contributed by atoms with Crippen LogP contribution in [0.25, 0.3) is 21.5 Å². The highest BCUT2D eigenvalue weighted by atomic mass is 16.5. The predicted octanol–water partition coefficient (Wildman–Crippen LogP) is 4.82. The van der Waals surface area contributed by atoms with Gasteiger partial charge in [-0.05, 0) is 0 Å². The first-order chi connectivity index (χ1) is 13.6. The number of benzene rings is 3. The first-order valence-electron chi connectivity index (χ1n) is 9.92. The molecule has 0 radical (unpaired) electrons. The van der Waals surface area contributed by atoms with Gasteiger partial charge >= 0.3 is 0 Å². The summed E-state index contributed by atoms with van der Waals surface area (Å²) in [6, 6.07) is 16.7. The van der Waals surface area contributed by atoms with Crippen LogP contribution in [0.5, 0.6) is 11.5 Å². The molecule has 28 heavy (non-hydrogen) atoms. The quantitative estimate of drug-likeness (QED) is 0.576. The van der Waals surface area contributed by atoms with Gasteiger partial charge in [-0.3, -0.25) is 0 Å². The highest BCUT2D eigenvalue weighted by Gasteiger charge is 2.36. The normalized spacial score (nSPS) is 19.8. The van der Waals surface area contributed by atoms with Crippen molar-refractivity contribution >= 4 is 21.5 Å². The molecule has 2 heterocycles. The van der Waals surface area contributed by atoms with Crippen LogP contribution in [0.2, 0.25) is 0 Å². The van der Waals surface area contributed by atoms with E-state index >= 15 is 0 Å². The monoisotopic (exact) mass is 378 g/mol. The van der Waals surface area contributed by atoms with Crippen molar-refractivity contribution in [2.75, 3.05) is 39.6 Å². The van der Waals surface area contributed by atoms with E-state index in [1.165, 1.54) is 0 Å². The summed E-state index contributed by atoms with van der Waals surface area (Å²) in [5, 5.41) is 4.37. The maximum atomic E-state index is 6.42. The lowest BCUT2D eigenvalue weighted by atomic mass is 9.89. The smallest absolute Gasteiger partial charge is 0.135 e. The molecule has 2 fully saturated rings. The highest BCUT2D eigenvalue weighted by molar-refractivity contribution is 6.11. The van der Waals surface area contributed by atoms with Crippen LogP contribution in [-0.2, 0) is 9.47 Å². The number of hydrogen-bond donors (Lipinski definition) is 0. The van der Waals surface area contributed by atoms with Crippen LogP contribution >= 0.6 is 0 Å². The Hall–Kier alpha value is -2.30. The molecule has 3 aromatic rings. The number of ether oxygens (including phenoxy) is 4. The Morgan fingerprint density at radius 2 is 0.964 bits per heavy atom. The number of rotatable bonds is 6. The van der Waals surface area contributed by atoms with Crippen molar-refractivity contribution in [1.82, 2.24) is 0 Å². The van der Waals surface area contributed by atoms with Crippen LogP contribution in [0, 0.1) is 10.8 Å². The molecule has 0 amide bonds. The topological polar surface area (TPSA) is 36.9 Å². The lowest BCUT2D eigenvalue weighted by molar-refractivity contribution is -0.120. The van der Waals surface area contributed by atoms with E-state index in [2.05, 4.69) is 62.4 Å². The summed E-state index contributed by atoms with van der Waals surface area (Å²) in [5.74, 6) is 1.87. The summed E-state index contributed by atoms with van der Waals surface area (Å²) in [7, 11) is 0. The molecule has 2 aliphatic heterocycles. The maximum Gasteiger partial charge on any atom is 0.135 e. The third-order valence-electron chi connectivity index (χ3n) is 5.76. The van der Waals surface area contributed by atoms with Crippen molar-refractivity contribution in [3.8, 4) is 11.5 Å². The molecule has 4 heteroatoms. The van der Waals surface area contributed by atoms with E-state index in [-0.39, 0.29) is 10.8 Å². The van der Waals surface area contributed by atoms with Gasteiger partial charge in [0.15, 0.2) is 0 Å². The summed E-state index contributed by atoms with van der Waals surface area (Å²) >= 11 is 0. The lowest BCUT2D eigenvalue weighted by Gasteiger charge is -2.38. The third kappa shape index (κ3) is 3.01. The molecule has 2 aliphatic rings. The van der Waals surface area contributed by atoms with Crippen LogP contribution in [0.1, 0.15) is 13.8 Å². The molecule has 0 saturated carbocycles. The molecule has 0 atom stereocenters. The fourth-order valence-electron chi connectivity index (χ4n) is 3.92. The third-order valence-corrected chi connectivity index (χ3v) is 5.76. The van der Waals surface area contributed by atoms with Gasteiger partial charge in [0, 0.05) is 32.4 Å². The van der Waals surface area contributed by atoms with Crippen LogP contribution in [0.3, 0.4) is 0 Å². The van der Waals surface area contributed by atoms with E-state index in [9.17, 15) is 0 Å². The molecule has 2 saturated heterocycles. The molecule has 0 bridgehead atoms. The standard InChI is InChI=1S/C24H26O4/c1-23(11-25-12-23)15-27-21-17-7-3-5-9-19(17)22(20-10-6-4-8-18(20)21)28-16-24(2)13-26-14-24/h3-10H,11-16H2,1-2H3. The van der Waals surface area contributed by atoms with E-state index in [4.69, 9.17) is 18.9 Å². The van der Waals surface area contributed by atoms with Crippen LogP contribution < -0.4 is 9.47 Å². The Bertz CT molecular complexity index is 879. The maximum absolute atomic E-state index is 6.42. The van der Waals surface area contributed by atoms with Gasteiger partial charge in [0.05, 0.1) is 39.6 Å². The van der Waals surface area contributed by atoms with Crippen molar-refractivity contribution < 1.29 is 18.9 Å². The Kier molecular flexibility index (Phi) is 4.22. The zero-order valence-electron chi connectivity index (χ0n) is 16.5. The predicted molar refractivity (Wildman–Crippen MR) is 110 cm³/mol. The SMILES string of the molecule is CC1(COc2c3ccccc3c(OCC3(C)COC3)c3ccccc23)COC1. The van der Waals surface area contributed by atoms with Crippen molar-refractivity contribution in [3.05, 3.63) is 48.5 Å². The van der Waals surface area contributed by atoms with E-state index in [1.54, 1.807) is 0 Å². The Morgan fingerprint density at radius 1 is 0.643 bits per heavy atom. The molecular weight excluding hydrogens is 352 g/mol. The van der Waals surface area contributed by atoms with E-state index < -0.39 is 0 Å². The van der Waals surface area contributed by atoms with Crippen LogP contribution in [0.15, 0.2) is 48.5 Å². The van der Waals surface area contributed by atoms with E-state index in [1.807, 2.05) is 0 Å². The van der Waals surface area contributed by atoms with Crippen LogP contribution in [-0.4, -0.2) is 39.6 Å². The second-order valence-electron chi connectivity index (χ2n) is 8.93. The number of fused-ring (bicyclic) bond motifs is 2. The lowest BCUT2D eigenvalue weighted by Crippen LogP contribution is -2.44. The minimum absolute atomic E-state index is 0.0934. The Balaban J connectivity index is 1.60. The minimum atomic E-state index is 0.0934. The molecule has 0 unspecified atom stereocenters. The molecule has 5 rings (SSSR count). The second kappa shape index (κ2) is 6.64. The fourth-order valence-corrected chi connectivity index (χ4v) is 3.92. The minimum Gasteiger partial charge on any atom is -0.492 e. The summed E-state index contributed by atoms with van der Waals surface area (Å²) in [6.45, 7) is 8.73. The van der Waals surface area contributed by atoms with Gasteiger partial charge < -0.3 is 18.9 Å². The van der Waals surface area contributed by atoms with Gasteiger partial charge in [0.1, 0.15) is 11.5 Å². The van der Waals surface area contributed by atoms with Gasteiger partial charge in [0.2, 0.25) is 0 Å². The zero-order valence-corrected chi connectivity index (χ0v) is 16.5. The summed E-state index contributed by atoms with van der Waals surface area (Å²) < 4.78 is 23.6. The molecule has 0 N–H and O–H groups in total. The average Bonchev–Trinajstić information content (AvgIpc) is 2.67. The highest BCUT2D eigenvalue weighted by Crippen LogP contribution is 2.44. The average molecular weight is 378 g/mol. The van der Waals surface area contributed by atoms with Gasteiger partial charge in [-0.25, -0.2) is 0 Å². The molecular formula is C24H26O4. The van der Waals surface area contributed by atoms with Crippen molar-refractivity contribution in [2.24, 2.45) is 10.8 Å². The largest absolute Gasteiger partial charge is 0.492 e. The summed E-state index contributed by atoms with van der Waals surface area (Å²) in [4.78, 5) is 0. The molecule has 4 nitrogen and oxygen atoms in total. The second-order valence-corrected chi connectivity index (χ2v) is 8.93. The molecule has 3 aromatic carbocycles. The number of hydrogen-bond acceptors (Lipinski definition) is 4. The van der Waals surface area contributed by atoms with Crippen LogP contribution in [0.4, 0.5) is 0 Å². The van der Waals surface area contributed by atoms with Crippen molar-refractivity contribution in [2.45, 2.75) is 13.8 Å². The van der Waals surface area contributed by atoms with Crippen molar-refractivity contribution in [1.29, 1.82) is 0 Å².